The summed E-state index contributed by atoms with van der Waals surface area (Å²) in [5, 5.41) is 13.0. The van der Waals surface area contributed by atoms with Gasteiger partial charge in [0.25, 0.3) is 0 Å². The number of anilines is 1. The van der Waals surface area contributed by atoms with Crippen molar-refractivity contribution in [2.24, 2.45) is 11.3 Å². The zero-order valence-corrected chi connectivity index (χ0v) is 11.0. The van der Waals surface area contributed by atoms with E-state index in [0.29, 0.717) is 17.2 Å². The smallest absolute Gasteiger partial charge is 0.117 e. The third kappa shape index (κ3) is 3.39. The molecule has 1 fully saturated rings. The fraction of sp³-hybridized carbons (Fsp3) is 0.600. The van der Waals surface area contributed by atoms with Crippen LogP contribution in [0.5, 0.6) is 5.75 Å². The Morgan fingerprint density at radius 2 is 2.06 bits per heavy atom. The van der Waals surface area contributed by atoms with E-state index < -0.39 is 0 Å². The highest BCUT2D eigenvalue weighted by atomic mass is 16.3. The van der Waals surface area contributed by atoms with Crippen molar-refractivity contribution in [3.63, 3.8) is 0 Å². The standard InChI is InChI=1S/C15H23NO/c1-11-7-13(10-15(2,3)9-11)16-12-5-4-6-14(17)8-12/h4-6,8,11,13,16-17H,7,9-10H2,1-3H3. The number of rotatable bonds is 2. The van der Waals surface area contributed by atoms with Crippen LogP contribution in [0.1, 0.15) is 40.0 Å². The van der Waals surface area contributed by atoms with Crippen molar-refractivity contribution in [1.82, 2.24) is 0 Å². The summed E-state index contributed by atoms with van der Waals surface area (Å²) in [5.74, 6) is 1.10. The van der Waals surface area contributed by atoms with Crippen LogP contribution in [0.2, 0.25) is 0 Å². The number of hydrogen-bond acceptors (Lipinski definition) is 2. The lowest BCUT2D eigenvalue weighted by atomic mass is 9.70. The largest absolute Gasteiger partial charge is 0.508 e. The second kappa shape index (κ2) is 4.59. The summed E-state index contributed by atoms with van der Waals surface area (Å²) in [6.45, 7) is 7.03. The summed E-state index contributed by atoms with van der Waals surface area (Å²) in [5.41, 5.74) is 1.45. The van der Waals surface area contributed by atoms with E-state index >= 15 is 0 Å². The van der Waals surface area contributed by atoms with E-state index in [9.17, 15) is 5.11 Å². The molecule has 0 heterocycles. The number of aromatic hydroxyl groups is 1. The molecule has 2 nitrogen and oxygen atoms in total. The zero-order valence-electron chi connectivity index (χ0n) is 11.0. The third-order valence-corrected chi connectivity index (χ3v) is 3.60. The van der Waals surface area contributed by atoms with Gasteiger partial charge in [0.2, 0.25) is 0 Å². The van der Waals surface area contributed by atoms with Gasteiger partial charge in [-0.15, -0.1) is 0 Å². The Morgan fingerprint density at radius 3 is 2.71 bits per heavy atom. The summed E-state index contributed by atoms with van der Waals surface area (Å²) in [4.78, 5) is 0. The number of hydrogen-bond donors (Lipinski definition) is 2. The monoisotopic (exact) mass is 233 g/mol. The lowest BCUT2D eigenvalue weighted by molar-refractivity contribution is 0.178. The SMILES string of the molecule is CC1CC(Nc2cccc(O)c2)CC(C)(C)C1. The Labute approximate surface area is 104 Å². The van der Waals surface area contributed by atoms with Crippen molar-refractivity contribution in [3.05, 3.63) is 24.3 Å². The van der Waals surface area contributed by atoms with Gasteiger partial charge in [-0.25, -0.2) is 0 Å². The fourth-order valence-electron chi connectivity index (χ4n) is 3.29. The van der Waals surface area contributed by atoms with E-state index in [1.54, 1.807) is 12.1 Å². The molecular formula is C15H23NO. The average Bonchev–Trinajstić information content (AvgIpc) is 2.13. The van der Waals surface area contributed by atoms with Gasteiger partial charge in [-0.3, -0.25) is 0 Å². The Hall–Kier alpha value is -1.18. The van der Waals surface area contributed by atoms with Crippen LogP contribution in [0.15, 0.2) is 24.3 Å². The molecule has 1 saturated carbocycles. The maximum Gasteiger partial charge on any atom is 0.117 e. The molecule has 2 unspecified atom stereocenters. The second-order valence-corrected chi connectivity index (χ2v) is 6.30. The lowest BCUT2D eigenvalue weighted by Gasteiger charge is -2.39. The van der Waals surface area contributed by atoms with E-state index in [2.05, 4.69) is 26.1 Å². The topological polar surface area (TPSA) is 32.3 Å². The molecule has 0 aliphatic heterocycles. The van der Waals surface area contributed by atoms with Crippen LogP contribution >= 0.6 is 0 Å². The molecule has 2 heteroatoms. The van der Waals surface area contributed by atoms with Crippen molar-refractivity contribution >= 4 is 5.69 Å². The minimum atomic E-state index is 0.332. The van der Waals surface area contributed by atoms with Gasteiger partial charge in [0.15, 0.2) is 0 Å². The van der Waals surface area contributed by atoms with E-state index in [1.807, 2.05) is 12.1 Å². The van der Waals surface area contributed by atoms with Crippen molar-refractivity contribution in [2.75, 3.05) is 5.32 Å². The van der Waals surface area contributed by atoms with Gasteiger partial charge in [-0.2, -0.15) is 0 Å². The van der Waals surface area contributed by atoms with E-state index in [4.69, 9.17) is 0 Å². The Kier molecular flexibility index (Phi) is 3.32. The van der Waals surface area contributed by atoms with E-state index in [0.717, 1.165) is 11.6 Å². The molecule has 2 atom stereocenters. The van der Waals surface area contributed by atoms with Gasteiger partial charge in [0.05, 0.1) is 0 Å². The first-order valence-electron chi connectivity index (χ1n) is 6.50. The molecule has 0 saturated heterocycles. The molecular weight excluding hydrogens is 210 g/mol. The fourth-order valence-corrected chi connectivity index (χ4v) is 3.29. The second-order valence-electron chi connectivity index (χ2n) is 6.30. The van der Waals surface area contributed by atoms with Gasteiger partial charge < -0.3 is 10.4 Å². The average molecular weight is 233 g/mol. The Balaban J connectivity index is 2.03. The first-order valence-corrected chi connectivity index (χ1v) is 6.50. The summed E-state index contributed by atoms with van der Waals surface area (Å²) >= 11 is 0. The summed E-state index contributed by atoms with van der Waals surface area (Å²) in [6, 6.07) is 7.93. The van der Waals surface area contributed by atoms with Gasteiger partial charge in [0, 0.05) is 17.8 Å². The number of nitrogens with one attached hydrogen (secondary N) is 1. The molecule has 0 radical (unpaired) electrons. The predicted octanol–water partition coefficient (Wildman–Crippen LogP) is 4.02. The molecule has 0 spiro atoms. The lowest BCUT2D eigenvalue weighted by Crippen LogP contribution is -2.35. The molecule has 17 heavy (non-hydrogen) atoms. The highest BCUT2D eigenvalue weighted by Crippen LogP contribution is 2.39. The maximum absolute atomic E-state index is 9.46. The van der Waals surface area contributed by atoms with Crippen molar-refractivity contribution < 1.29 is 5.11 Å². The van der Waals surface area contributed by atoms with Crippen LogP contribution < -0.4 is 5.32 Å². The van der Waals surface area contributed by atoms with Crippen LogP contribution in [0.3, 0.4) is 0 Å². The minimum absolute atomic E-state index is 0.332. The number of phenols is 1. The van der Waals surface area contributed by atoms with Crippen molar-refractivity contribution in [3.8, 4) is 5.75 Å². The molecule has 1 aliphatic carbocycles. The molecule has 2 N–H and O–H groups in total. The van der Waals surface area contributed by atoms with Gasteiger partial charge in [-0.05, 0) is 42.7 Å². The Morgan fingerprint density at radius 1 is 1.29 bits per heavy atom. The summed E-state index contributed by atoms with van der Waals surface area (Å²) in [7, 11) is 0. The highest BCUT2D eigenvalue weighted by Gasteiger charge is 2.31. The van der Waals surface area contributed by atoms with Gasteiger partial charge >= 0.3 is 0 Å². The van der Waals surface area contributed by atoms with Gasteiger partial charge in [-0.1, -0.05) is 26.8 Å². The minimum Gasteiger partial charge on any atom is -0.508 e. The summed E-state index contributed by atoms with van der Waals surface area (Å²) in [6.07, 6.45) is 3.73. The maximum atomic E-state index is 9.46. The molecule has 0 bridgehead atoms. The number of benzene rings is 1. The first kappa shape index (κ1) is 12.3. The van der Waals surface area contributed by atoms with Crippen LogP contribution in [0, 0.1) is 11.3 Å². The van der Waals surface area contributed by atoms with Crippen LogP contribution in [0.25, 0.3) is 0 Å². The summed E-state index contributed by atoms with van der Waals surface area (Å²) < 4.78 is 0. The molecule has 0 aromatic heterocycles. The van der Waals surface area contributed by atoms with Gasteiger partial charge in [0.1, 0.15) is 5.75 Å². The zero-order chi connectivity index (χ0) is 12.5. The van der Waals surface area contributed by atoms with Crippen LogP contribution in [-0.4, -0.2) is 11.1 Å². The molecule has 2 rings (SSSR count). The Bertz CT molecular complexity index is 386. The van der Waals surface area contributed by atoms with E-state index in [-0.39, 0.29) is 0 Å². The molecule has 0 amide bonds. The molecule has 1 aliphatic rings. The van der Waals surface area contributed by atoms with E-state index in [1.165, 1.54) is 19.3 Å². The number of phenolic OH excluding ortho intramolecular Hbond substituents is 1. The van der Waals surface area contributed by atoms with Crippen LogP contribution in [-0.2, 0) is 0 Å². The molecule has 94 valence electrons. The first-order chi connectivity index (χ1) is 7.94. The quantitative estimate of drug-likeness (QED) is 0.808. The molecule has 1 aromatic rings. The third-order valence-electron chi connectivity index (χ3n) is 3.60. The molecule has 1 aromatic carbocycles. The van der Waals surface area contributed by atoms with Crippen molar-refractivity contribution in [1.29, 1.82) is 0 Å². The van der Waals surface area contributed by atoms with Crippen molar-refractivity contribution in [2.45, 2.75) is 46.1 Å². The normalized spacial score (nSPS) is 27.7. The van der Waals surface area contributed by atoms with Crippen LogP contribution in [0.4, 0.5) is 5.69 Å². The predicted molar refractivity (Wildman–Crippen MR) is 72.3 cm³/mol. The highest BCUT2D eigenvalue weighted by molar-refractivity contribution is 5.48.